The summed E-state index contributed by atoms with van der Waals surface area (Å²) >= 11 is 1.73. The predicted molar refractivity (Wildman–Crippen MR) is 81.5 cm³/mol. The van der Waals surface area contributed by atoms with Gasteiger partial charge in [0.25, 0.3) is 0 Å². The topological polar surface area (TPSA) is 58.4 Å². The molecule has 110 valence electrons. The van der Waals surface area contributed by atoms with Crippen molar-refractivity contribution in [2.24, 2.45) is 5.73 Å². The van der Waals surface area contributed by atoms with Crippen LogP contribution in [0.4, 0.5) is 0 Å². The second kappa shape index (κ2) is 6.24. The molecule has 2 aliphatic carbocycles. The van der Waals surface area contributed by atoms with Gasteiger partial charge in [-0.3, -0.25) is 9.69 Å². The van der Waals surface area contributed by atoms with Crippen molar-refractivity contribution in [2.75, 3.05) is 6.54 Å². The van der Waals surface area contributed by atoms with Gasteiger partial charge in [0.1, 0.15) is 0 Å². The van der Waals surface area contributed by atoms with Crippen LogP contribution in [-0.4, -0.2) is 35.5 Å². The zero-order chi connectivity index (χ0) is 13.9. The summed E-state index contributed by atoms with van der Waals surface area (Å²) in [6.45, 7) is 1.48. The van der Waals surface area contributed by atoms with Gasteiger partial charge >= 0.3 is 0 Å². The lowest BCUT2D eigenvalue weighted by Gasteiger charge is -2.30. The van der Waals surface area contributed by atoms with Crippen molar-refractivity contribution in [1.29, 1.82) is 0 Å². The quantitative estimate of drug-likeness (QED) is 0.767. The standard InChI is InChI=1S/C15H23N3OS/c16-8-14(7-15(19)17-12-1-2-12)18(13-3-4-13)9-11-5-6-20-10-11/h5-6,10,12-14H,1-4,7-9,16H2,(H,17,19). The van der Waals surface area contributed by atoms with Crippen molar-refractivity contribution in [1.82, 2.24) is 10.2 Å². The highest BCUT2D eigenvalue weighted by Gasteiger charge is 2.35. The van der Waals surface area contributed by atoms with Gasteiger partial charge in [-0.25, -0.2) is 0 Å². The second-order valence-electron chi connectivity index (χ2n) is 5.97. The van der Waals surface area contributed by atoms with Crippen LogP contribution in [-0.2, 0) is 11.3 Å². The van der Waals surface area contributed by atoms with Crippen LogP contribution in [0.15, 0.2) is 16.8 Å². The van der Waals surface area contributed by atoms with E-state index in [1.807, 2.05) is 0 Å². The third-order valence-corrected chi connectivity index (χ3v) is 4.80. The lowest BCUT2D eigenvalue weighted by Crippen LogP contribution is -2.45. The number of carbonyl (C=O) groups is 1. The Morgan fingerprint density at radius 2 is 2.25 bits per heavy atom. The minimum atomic E-state index is 0.166. The van der Waals surface area contributed by atoms with E-state index in [1.54, 1.807) is 11.3 Å². The zero-order valence-corrected chi connectivity index (χ0v) is 12.6. The van der Waals surface area contributed by atoms with Crippen molar-refractivity contribution in [2.45, 2.75) is 56.8 Å². The molecular weight excluding hydrogens is 270 g/mol. The molecule has 3 N–H and O–H groups in total. The van der Waals surface area contributed by atoms with E-state index < -0.39 is 0 Å². The summed E-state index contributed by atoms with van der Waals surface area (Å²) in [5.74, 6) is 0.166. The van der Waals surface area contributed by atoms with Crippen molar-refractivity contribution in [3.05, 3.63) is 22.4 Å². The lowest BCUT2D eigenvalue weighted by molar-refractivity contribution is -0.122. The monoisotopic (exact) mass is 293 g/mol. The van der Waals surface area contributed by atoms with Crippen LogP contribution in [0.25, 0.3) is 0 Å². The molecule has 2 aliphatic rings. The minimum Gasteiger partial charge on any atom is -0.353 e. The first-order valence-corrected chi connectivity index (χ1v) is 8.47. The van der Waals surface area contributed by atoms with E-state index in [0.717, 1.165) is 19.4 Å². The van der Waals surface area contributed by atoms with Crippen molar-refractivity contribution in [3.63, 3.8) is 0 Å². The van der Waals surface area contributed by atoms with Gasteiger partial charge in [0, 0.05) is 37.6 Å². The molecule has 1 heterocycles. The molecule has 0 bridgehead atoms. The summed E-state index contributed by atoms with van der Waals surface area (Å²) in [5, 5.41) is 7.37. The Morgan fingerprint density at radius 1 is 1.45 bits per heavy atom. The number of thiophene rings is 1. The van der Waals surface area contributed by atoms with Crippen molar-refractivity contribution < 1.29 is 4.79 Å². The fourth-order valence-electron chi connectivity index (χ4n) is 2.62. The summed E-state index contributed by atoms with van der Waals surface area (Å²) < 4.78 is 0. The summed E-state index contributed by atoms with van der Waals surface area (Å²) in [7, 11) is 0. The largest absolute Gasteiger partial charge is 0.353 e. The SMILES string of the molecule is NCC(CC(=O)NC1CC1)N(Cc1ccsc1)C1CC1. The first-order valence-electron chi connectivity index (χ1n) is 7.52. The molecule has 0 aromatic carbocycles. The predicted octanol–water partition coefficient (Wildman–Crippen LogP) is 1.71. The molecule has 20 heavy (non-hydrogen) atoms. The molecule has 0 spiro atoms. The van der Waals surface area contributed by atoms with Crippen LogP contribution < -0.4 is 11.1 Å². The fourth-order valence-corrected chi connectivity index (χ4v) is 3.28. The van der Waals surface area contributed by atoms with Crippen LogP contribution in [0.3, 0.4) is 0 Å². The van der Waals surface area contributed by atoms with Crippen molar-refractivity contribution >= 4 is 17.2 Å². The van der Waals surface area contributed by atoms with E-state index in [-0.39, 0.29) is 11.9 Å². The Balaban J connectivity index is 1.59. The molecule has 0 radical (unpaired) electrons. The van der Waals surface area contributed by atoms with Gasteiger partial charge in [-0.05, 0) is 48.1 Å². The Hall–Kier alpha value is -0.910. The van der Waals surface area contributed by atoms with Crippen LogP contribution in [0.2, 0.25) is 0 Å². The first-order chi connectivity index (χ1) is 9.76. The fraction of sp³-hybridized carbons (Fsp3) is 0.667. The average Bonchev–Trinajstić information content (AvgIpc) is 3.36. The van der Waals surface area contributed by atoms with Gasteiger partial charge in [0.05, 0.1) is 0 Å². The summed E-state index contributed by atoms with van der Waals surface area (Å²) in [4.78, 5) is 14.5. The van der Waals surface area contributed by atoms with Gasteiger partial charge in [0.2, 0.25) is 5.91 Å². The number of rotatable bonds is 8. The highest BCUT2D eigenvalue weighted by molar-refractivity contribution is 7.07. The summed E-state index contributed by atoms with van der Waals surface area (Å²) in [6, 6.07) is 3.39. The molecule has 1 aromatic heterocycles. The third-order valence-electron chi connectivity index (χ3n) is 4.07. The number of carbonyl (C=O) groups excluding carboxylic acids is 1. The zero-order valence-electron chi connectivity index (χ0n) is 11.8. The molecular formula is C15H23N3OS. The number of nitrogens with one attached hydrogen (secondary N) is 1. The Morgan fingerprint density at radius 3 is 2.80 bits per heavy atom. The highest BCUT2D eigenvalue weighted by Crippen LogP contribution is 2.31. The minimum absolute atomic E-state index is 0.166. The van der Waals surface area contributed by atoms with Gasteiger partial charge in [-0.15, -0.1) is 0 Å². The summed E-state index contributed by atoms with van der Waals surface area (Å²) in [5.41, 5.74) is 7.28. The van der Waals surface area contributed by atoms with E-state index >= 15 is 0 Å². The molecule has 1 atom stereocenters. The number of nitrogens with two attached hydrogens (primary N) is 1. The van der Waals surface area contributed by atoms with Gasteiger partial charge in [-0.2, -0.15) is 11.3 Å². The van der Waals surface area contributed by atoms with E-state index in [4.69, 9.17) is 5.73 Å². The Kier molecular flexibility index (Phi) is 4.38. The smallest absolute Gasteiger partial charge is 0.221 e. The molecule has 1 aromatic rings. The Bertz CT molecular complexity index is 440. The van der Waals surface area contributed by atoms with Crippen LogP contribution in [0.5, 0.6) is 0 Å². The van der Waals surface area contributed by atoms with E-state index in [9.17, 15) is 4.79 Å². The number of amides is 1. The third kappa shape index (κ3) is 3.81. The van der Waals surface area contributed by atoms with Gasteiger partial charge in [0.15, 0.2) is 0 Å². The van der Waals surface area contributed by atoms with Gasteiger partial charge in [-0.1, -0.05) is 0 Å². The maximum atomic E-state index is 12.0. The molecule has 3 rings (SSSR count). The van der Waals surface area contributed by atoms with Crippen LogP contribution >= 0.6 is 11.3 Å². The molecule has 0 aliphatic heterocycles. The van der Waals surface area contributed by atoms with Crippen molar-refractivity contribution in [3.8, 4) is 0 Å². The number of nitrogens with zero attached hydrogens (tertiary/aromatic N) is 1. The molecule has 1 amide bonds. The lowest BCUT2D eigenvalue weighted by atomic mass is 10.1. The first kappa shape index (κ1) is 14.0. The molecule has 2 fully saturated rings. The maximum Gasteiger partial charge on any atom is 0.221 e. The molecule has 4 nitrogen and oxygen atoms in total. The van der Waals surface area contributed by atoms with E-state index in [2.05, 4.69) is 27.0 Å². The summed E-state index contributed by atoms with van der Waals surface area (Å²) in [6.07, 6.45) is 5.30. The molecule has 5 heteroatoms. The van der Waals surface area contributed by atoms with Crippen LogP contribution in [0.1, 0.15) is 37.7 Å². The second-order valence-corrected chi connectivity index (χ2v) is 6.75. The number of hydrogen-bond acceptors (Lipinski definition) is 4. The van der Waals surface area contributed by atoms with Gasteiger partial charge < -0.3 is 11.1 Å². The average molecular weight is 293 g/mol. The molecule has 2 saturated carbocycles. The normalized spacial score (nSPS) is 20.1. The number of hydrogen-bond donors (Lipinski definition) is 2. The van der Waals surface area contributed by atoms with Crippen LogP contribution in [0, 0.1) is 0 Å². The maximum absolute atomic E-state index is 12.0. The van der Waals surface area contributed by atoms with E-state index in [0.29, 0.717) is 25.0 Å². The molecule has 0 saturated heterocycles. The van der Waals surface area contributed by atoms with E-state index in [1.165, 1.54) is 18.4 Å². The molecule has 1 unspecified atom stereocenters. The Labute approximate surface area is 124 Å². The highest BCUT2D eigenvalue weighted by atomic mass is 32.1.